The van der Waals surface area contributed by atoms with E-state index in [9.17, 15) is 0 Å². The first kappa shape index (κ1) is 23.2. The highest BCUT2D eigenvalue weighted by Gasteiger charge is 2.46. The minimum absolute atomic E-state index is 0.420. The van der Waals surface area contributed by atoms with Crippen LogP contribution in [-0.2, 0) is 0 Å². The van der Waals surface area contributed by atoms with Crippen molar-refractivity contribution in [1.82, 2.24) is 0 Å². The monoisotopic (exact) mass is 435 g/mol. The molecule has 1 aliphatic rings. The van der Waals surface area contributed by atoms with E-state index in [0.717, 1.165) is 0 Å². The molecular weight excluding hydrogens is 412 g/mol. The van der Waals surface area contributed by atoms with Gasteiger partial charge < -0.3 is 0 Å². The summed E-state index contributed by atoms with van der Waals surface area (Å²) in [7, 11) is -0.420. The average Bonchev–Trinajstić information content (AvgIpc) is 2.52. The van der Waals surface area contributed by atoms with Gasteiger partial charge in [0.2, 0.25) is 0 Å². The molecule has 1 saturated carbocycles. The van der Waals surface area contributed by atoms with E-state index in [4.69, 9.17) is 69.6 Å². The van der Waals surface area contributed by atoms with Crippen LogP contribution >= 0.6 is 76.9 Å². The van der Waals surface area contributed by atoms with Crippen molar-refractivity contribution in [2.45, 2.75) is 60.0 Å². The fourth-order valence-corrected chi connectivity index (χ4v) is 7.41. The first-order valence-corrected chi connectivity index (χ1v) is 12.6. The third kappa shape index (κ3) is 6.19. The molecule has 21 heavy (non-hydrogen) atoms. The van der Waals surface area contributed by atoms with E-state index in [1.807, 2.05) is 0 Å². The first-order valence-electron chi connectivity index (χ1n) is 7.40. The lowest BCUT2D eigenvalue weighted by Gasteiger charge is -2.37. The lowest BCUT2D eigenvalue weighted by Crippen LogP contribution is -2.52. The first-order chi connectivity index (χ1) is 9.71. The zero-order valence-electron chi connectivity index (χ0n) is 13.0. The normalized spacial score (nSPS) is 36.9. The van der Waals surface area contributed by atoms with Crippen molar-refractivity contribution < 1.29 is 0 Å². The van der Waals surface area contributed by atoms with Crippen LogP contribution in [0.25, 0.3) is 0 Å². The van der Waals surface area contributed by atoms with Crippen molar-refractivity contribution in [3.8, 4) is 0 Å². The van der Waals surface area contributed by atoms with Gasteiger partial charge in [0.1, 0.15) is 0 Å². The predicted molar refractivity (Wildman–Crippen MR) is 107 cm³/mol. The van der Waals surface area contributed by atoms with Crippen LogP contribution in [0.4, 0.5) is 0 Å². The highest BCUT2D eigenvalue weighted by molar-refractivity contribution is 7.75. The van der Waals surface area contributed by atoms with Crippen LogP contribution in [0.3, 0.4) is 0 Å². The summed E-state index contributed by atoms with van der Waals surface area (Å²) in [6, 6.07) is 0. The van der Waals surface area contributed by atoms with E-state index >= 15 is 0 Å². The van der Waals surface area contributed by atoms with Gasteiger partial charge in [-0.25, -0.2) is 0 Å². The molecule has 7 heteroatoms. The molecule has 0 aliphatic heterocycles. The maximum absolute atomic E-state index is 5.88. The second-order valence-electron chi connectivity index (χ2n) is 5.27. The Balaban J connectivity index is 0.000000400. The smallest absolute Gasteiger partial charge is 0.0693 e. The Kier molecular flexibility index (Phi) is 12.0. The average molecular weight is 438 g/mol. The lowest BCUT2D eigenvalue weighted by atomic mass is 9.97. The van der Waals surface area contributed by atoms with Crippen molar-refractivity contribution in [2.75, 3.05) is 24.6 Å². The van der Waals surface area contributed by atoms with Crippen molar-refractivity contribution in [2.24, 2.45) is 0 Å². The summed E-state index contributed by atoms with van der Waals surface area (Å²) in [6.07, 6.45) is 5.82. The second kappa shape index (κ2) is 10.9. The van der Waals surface area contributed by atoms with Gasteiger partial charge >= 0.3 is 0 Å². The maximum Gasteiger partial charge on any atom is 0.0693 e. The van der Waals surface area contributed by atoms with Gasteiger partial charge in [-0.05, 0) is 27.7 Å². The van der Waals surface area contributed by atoms with Crippen LogP contribution in [0.2, 0.25) is 0 Å². The summed E-state index contributed by atoms with van der Waals surface area (Å²) in [5.74, 6) is 0. The fourth-order valence-electron chi connectivity index (χ4n) is 2.40. The molecule has 0 nitrogen and oxygen atoms in total. The zero-order chi connectivity index (χ0) is 16.8. The molecule has 0 radical (unpaired) electrons. The fraction of sp³-hybridized carbons (Fsp3) is 1.00. The molecule has 0 heterocycles. The molecular formula is C14H26Cl6P+. The summed E-state index contributed by atoms with van der Waals surface area (Å²) in [5, 5.41) is -2.62. The number of halogens is 6. The lowest BCUT2D eigenvalue weighted by molar-refractivity contribution is 0.544. The van der Waals surface area contributed by atoms with Gasteiger partial charge in [-0.15, -0.1) is 69.6 Å². The van der Waals surface area contributed by atoms with Crippen LogP contribution in [0.5, 0.6) is 0 Å². The Morgan fingerprint density at radius 2 is 0.619 bits per heavy atom. The Labute approximate surface area is 160 Å². The van der Waals surface area contributed by atoms with E-state index in [1.165, 1.54) is 24.6 Å². The van der Waals surface area contributed by atoms with Crippen molar-refractivity contribution in [3.05, 3.63) is 0 Å². The summed E-state index contributed by atoms with van der Waals surface area (Å²) in [4.78, 5) is 0. The molecule has 0 unspecified atom stereocenters. The van der Waals surface area contributed by atoms with Gasteiger partial charge in [-0.2, -0.15) is 0 Å². The molecule has 0 spiro atoms. The second-order valence-corrected chi connectivity index (χ2v) is 13.5. The van der Waals surface area contributed by atoms with Gasteiger partial charge in [0, 0.05) is 7.26 Å². The van der Waals surface area contributed by atoms with Gasteiger partial charge in [0.05, 0.1) is 56.9 Å². The predicted octanol–water partition coefficient (Wildman–Crippen LogP) is 6.73. The molecule has 0 aromatic heterocycles. The van der Waals surface area contributed by atoms with Crippen molar-refractivity contribution in [1.29, 1.82) is 0 Å². The Hall–Kier alpha value is 2.17. The number of hydrogen-bond donors (Lipinski definition) is 0. The standard InChI is InChI=1S/C8H20P.C6H6Cl6/c1-5-9(6-2,7-3)8-4;7-1-2(8)4(10)6(12)5(11)3(1)9/h5-8H2,1-4H3;1-6H/q+1;. The topological polar surface area (TPSA) is 0 Å². The summed E-state index contributed by atoms with van der Waals surface area (Å²) < 4.78 is 0. The number of hydrogen-bond acceptors (Lipinski definition) is 0. The Morgan fingerprint density at radius 3 is 0.667 bits per heavy atom. The van der Waals surface area contributed by atoms with E-state index < -0.39 is 39.5 Å². The molecule has 128 valence electrons. The summed E-state index contributed by atoms with van der Waals surface area (Å²) >= 11 is 35.3. The highest BCUT2D eigenvalue weighted by atomic mass is 35.5. The molecule has 0 bridgehead atoms. The zero-order valence-corrected chi connectivity index (χ0v) is 18.4. The minimum atomic E-state index is -0.437. The molecule has 1 fully saturated rings. The highest BCUT2D eigenvalue weighted by Crippen LogP contribution is 2.57. The van der Waals surface area contributed by atoms with Crippen LogP contribution in [-0.4, -0.2) is 56.9 Å². The molecule has 0 saturated heterocycles. The van der Waals surface area contributed by atoms with Crippen molar-refractivity contribution in [3.63, 3.8) is 0 Å². The van der Waals surface area contributed by atoms with Gasteiger partial charge in [0.25, 0.3) is 0 Å². The van der Waals surface area contributed by atoms with Crippen LogP contribution in [0.1, 0.15) is 27.7 Å². The Bertz CT molecular complexity index is 211. The van der Waals surface area contributed by atoms with Gasteiger partial charge in [-0.3, -0.25) is 0 Å². The molecule has 0 aromatic carbocycles. The molecule has 0 aromatic rings. The maximum atomic E-state index is 5.88. The quantitative estimate of drug-likeness (QED) is 0.338. The minimum Gasteiger partial charge on any atom is -0.120 e. The van der Waals surface area contributed by atoms with E-state index in [0.29, 0.717) is 0 Å². The molecule has 1 rings (SSSR count). The van der Waals surface area contributed by atoms with Crippen LogP contribution in [0, 0.1) is 0 Å². The van der Waals surface area contributed by atoms with E-state index in [1.54, 1.807) is 0 Å². The van der Waals surface area contributed by atoms with E-state index in [2.05, 4.69) is 27.7 Å². The number of alkyl halides is 6. The van der Waals surface area contributed by atoms with Gasteiger partial charge in [0.15, 0.2) is 0 Å². The molecule has 0 atom stereocenters. The van der Waals surface area contributed by atoms with Crippen LogP contribution in [0.15, 0.2) is 0 Å². The van der Waals surface area contributed by atoms with E-state index in [-0.39, 0.29) is 0 Å². The van der Waals surface area contributed by atoms with Gasteiger partial charge in [-0.1, -0.05) is 0 Å². The molecule has 0 N–H and O–H groups in total. The molecule has 0 amide bonds. The largest absolute Gasteiger partial charge is 0.120 e. The SMILES string of the molecule is CC[P+](CC)(CC)CC.ClC1C(Cl)C(Cl)C(Cl)C(Cl)C1Cl. The summed E-state index contributed by atoms with van der Waals surface area (Å²) in [6.45, 7) is 9.41. The summed E-state index contributed by atoms with van der Waals surface area (Å²) in [5.41, 5.74) is 0. The Morgan fingerprint density at radius 1 is 0.476 bits per heavy atom. The third-order valence-corrected chi connectivity index (χ3v) is 13.9. The van der Waals surface area contributed by atoms with Crippen LogP contribution < -0.4 is 0 Å². The number of rotatable bonds is 4. The van der Waals surface area contributed by atoms with Crippen molar-refractivity contribution >= 4 is 76.9 Å². The molecule has 1 aliphatic carbocycles. The third-order valence-electron chi connectivity index (χ3n) is 4.51.